The number of rotatable bonds is 6. The molecule has 0 spiro atoms. The number of hydrogen-bond acceptors (Lipinski definition) is 4. The maximum Gasteiger partial charge on any atom is 0.318 e. The SMILES string of the molecule is Fc1ccc(COc2ncc(F)c(NC(=S)NCc3ccccc3F)n2)cc1. The van der Waals surface area contributed by atoms with Crippen molar-refractivity contribution < 1.29 is 17.9 Å². The van der Waals surface area contributed by atoms with Gasteiger partial charge in [-0.05, 0) is 36.0 Å². The fraction of sp³-hybridized carbons (Fsp3) is 0.105. The van der Waals surface area contributed by atoms with Crippen LogP contribution in [0.1, 0.15) is 11.1 Å². The van der Waals surface area contributed by atoms with Crippen molar-refractivity contribution in [3.63, 3.8) is 0 Å². The van der Waals surface area contributed by atoms with Crippen molar-refractivity contribution in [3.05, 3.63) is 83.3 Å². The van der Waals surface area contributed by atoms with E-state index in [2.05, 4.69) is 20.6 Å². The monoisotopic (exact) mass is 404 g/mol. The summed E-state index contributed by atoms with van der Waals surface area (Å²) in [6, 6.07) is 11.9. The average Bonchev–Trinajstić information content (AvgIpc) is 2.69. The number of benzene rings is 2. The Morgan fingerprint density at radius 2 is 1.75 bits per heavy atom. The Morgan fingerprint density at radius 3 is 2.50 bits per heavy atom. The number of ether oxygens (including phenoxy) is 1. The lowest BCUT2D eigenvalue weighted by Crippen LogP contribution is -2.29. The Bertz CT molecular complexity index is 970. The molecule has 0 radical (unpaired) electrons. The third-order valence-corrected chi connectivity index (χ3v) is 3.88. The number of thiocarbonyl (C=S) groups is 1. The fourth-order valence-corrected chi connectivity index (χ4v) is 2.37. The molecule has 2 N–H and O–H groups in total. The summed E-state index contributed by atoms with van der Waals surface area (Å²) in [6.45, 7) is 0.209. The summed E-state index contributed by atoms with van der Waals surface area (Å²) in [5, 5.41) is 5.42. The summed E-state index contributed by atoms with van der Waals surface area (Å²) in [5.74, 6) is -1.65. The van der Waals surface area contributed by atoms with E-state index in [4.69, 9.17) is 17.0 Å². The number of halogens is 3. The van der Waals surface area contributed by atoms with Crippen molar-refractivity contribution in [2.75, 3.05) is 5.32 Å². The van der Waals surface area contributed by atoms with Crippen LogP contribution in [0, 0.1) is 17.5 Å². The van der Waals surface area contributed by atoms with Crippen molar-refractivity contribution >= 4 is 23.1 Å². The number of aromatic nitrogens is 2. The van der Waals surface area contributed by atoms with Gasteiger partial charge in [-0.1, -0.05) is 30.3 Å². The molecule has 0 aliphatic carbocycles. The van der Waals surface area contributed by atoms with Crippen molar-refractivity contribution in [2.45, 2.75) is 13.2 Å². The summed E-state index contributed by atoms with van der Waals surface area (Å²) in [7, 11) is 0. The summed E-state index contributed by atoms with van der Waals surface area (Å²) in [5.41, 5.74) is 1.11. The molecule has 5 nitrogen and oxygen atoms in total. The molecule has 0 amide bonds. The Hall–Kier alpha value is -3.20. The smallest absolute Gasteiger partial charge is 0.318 e. The number of anilines is 1. The molecular formula is C19H15F3N4OS. The average molecular weight is 404 g/mol. The molecule has 0 atom stereocenters. The normalized spacial score (nSPS) is 10.4. The van der Waals surface area contributed by atoms with Crippen LogP contribution in [-0.2, 0) is 13.2 Å². The highest BCUT2D eigenvalue weighted by atomic mass is 32.1. The Labute approximate surface area is 164 Å². The topological polar surface area (TPSA) is 59.1 Å². The first kappa shape index (κ1) is 19.6. The van der Waals surface area contributed by atoms with E-state index in [-0.39, 0.29) is 41.7 Å². The second-order valence-electron chi connectivity index (χ2n) is 5.66. The number of hydrogen-bond donors (Lipinski definition) is 2. The van der Waals surface area contributed by atoms with E-state index < -0.39 is 5.82 Å². The highest BCUT2D eigenvalue weighted by Crippen LogP contribution is 2.15. The standard InChI is InChI=1S/C19H15F3N4OS/c20-14-7-5-12(6-8-14)11-27-18-23-10-16(22)17(25-18)26-19(28)24-9-13-3-1-2-4-15(13)21/h1-8,10H,9,11H2,(H2,23,24,25,26,28). The molecule has 0 aliphatic rings. The molecule has 0 saturated heterocycles. The first-order valence-electron chi connectivity index (χ1n) is 8.19. The highest BCUT2D eigenvalue weighted by Gasteiger charge is 2.10. The van der Waals surface area contributed by atoms with E-state index in [0.717, 1.165) is 6.20 Å². The van der Waals surface area contributed by atoms with E-state index >= 15 is 0 Å². The van der Waals surface area contributed by atoms with E-state index in [0.29, 0.717) is 11.1 Å². The fourth-order valence-electron chi connectivity index (χ4n) is 2.21. The van der Waals surface area contributed by atoms with Gasteiger partial charge in [-0.15, -0.1) is 0 Å². The minimum Gasteiger partial charge on any atom is -0.459 e. The van der Waals surface area contributed by atoms with Crippen LogP contribution < -0.4 is 15.4 Å². The lowest BCUT2D eigenvalue weighted by atomic mass is 10.2. The molecule has 0 saturated carbocycles. The van der Waals surface area contributed by atoms with Crippen LogP contribution in [0.4, 0.5) is 19.0 Å². The van der Waals surface area contributed by atoms with Crippen LogP contribution in [0.3, 0.4) is 0 Å². The van der Waals surface area contributed by atoms with Crippen molar-refractivity contribution in [1.29, 1.82) is 0 Å². The highest BCUT2D eigenvalue weighted by molar-refractivity contribution is 7.80. The van der Waals surface area contributed by atoms with Crippen molar-refractivity contribution in [2.24, 2.45) is 0 Å². The Balaban J connectivity index is 1.58. The van der Waals surface area contributed by atoms with Gasteiger partial charge in [-0.25, -0.2) is 18.2 Å². The van der Waals surface area contributed by atoms with Crippen LogP contribution >= 0.6 is 12.2 Å². The van der Waals surface area contributed by atoms with Crippen molar-refractivity contribution in [1.82, 2.24) is 15.3 Å². The molecule has 1 heterocycles. The van der Waals surface area contributed by atoms with E-state index in [9.17, 15) is 13.2 Å². The predicted octanol–water partition coefficient (Wildman–Crippen LogP) is 3.96. The van der Waals surface area contributed by atoms with Gasteiger partial charge in [0.2, 0.25) is 0 Å². The van der Waals surface area contributed by atoms with Crippen LogP contribution in [0.25, 0.3) is 0 Å². The van der Waals surface area contributed by atoms with Crippen LogP contribution in [0.5, 0.6) is 6.01 Å². The molecule has 0 fully saturated rings. The third kappa shape index (κ3) is 5.40. The van der Waals surface area contributed by atoms with Crippen molar-refractivity contribution in [3.8, 4) is 6.01 Å². The van der Waals surface area contributed by atoms with Crippen LogP contribution in [0.2, 0.25) is 0 Å². The molecule has 3 rings (SSSR count). The number of nitrogens with zero attached hydrogens (tertiary/aromatic N) is 2. The zero-order valence-corrected chi connectivity index (χ0v) is 15.3. The first-order chi connectivity index (χ1) is 13.5. The predicted molar refractivity (Wildman–Crippen MR) is 102 cm³/mol. The second-order valence-corrected chi connectivity index (χ2v) is 6.07. The summed E-state index contributed by atoms with van der Waals surface area (Å²) < 4.78 is 45.8. The first-order valence-corrected chi connectivity index (χ1v) is 8.60. The maximum absolute atomic E-state index is 13.9. The molecular weight excluding hydrogens is 389 g/mol. The maximum atomic E-state index is 13.9. The third-order valence-electron chi connectivity index (χ3n) is 3.63. The second kappa shape index (κ2) is 9.14. The molecule has 0 bridgehead atoms. The molecule has 28 heavy (non-hydrogen) atoms. The minimum absolute atomic E-state index is 0.0605. The summed E-state index contributed by atoms with van der Waals surface area (Å²) in [4.78, 5) is 7.67. The summed E-state index contributed by atoms with van der Waals surface area (Å²) in [6.07, 6.45) is 0.939. The summed E-state index contributed by atoms with van der Waals surface area (Å²) >= 11 is 5.09. The van der Waals surface area contributed by atoms with Gasteiger partial charge >= 0.3 is 6.01 Å². The van der Waals surface area contributed by atoms with Gasteiger partial charge in [0.25, 0.3) is 0 Å². The Kier molecular flexibility index (Phi) is 6.38. The van der Waals surface area contributed by atoms with Gasteiger partial charge in [0.1, 0.15) is 18.2 Å². The molecule has 0 aliphatic heterocycles. The zero-order valence-electron chi connectivity index (χ0n) is 14.5. The quantitative estimate of drug-likeness (QED) is 0.607. The van der Waals surface area contributed by atoms with Crippen LogP contribution in [0.15, 0.2) is 54.7 Å². The molecule has 3 aromatic rings. The minimum atomic E-state index is -0.732. The number of nitrogens with one attached hydrogen (secondary N) is 2. The molecule has 144 valence electrons. The lowest BCUT2D eigenvalue weighted by Gasteiger charge is -2.12. The molecule has 1 aromatic heterocycles. The molecule has 0 unspecified atom stereocenters. The van der Waals surface area contributed by atoms with Gasteiger partial charge in [0.05, 0.1) is 6.20 Å². The van der Waals surface area contributed by atoms with E-state index in [1.807, 2.05) is 0 Å². The van der Waals surface area contributed by atoms with E-state index in [1.54, 1.807) is 30.3 Å². The van der Waals surface area contributed by atoms with Crippen LogP contribution in [-0.4, -0.2) is 15.1 Å². The van der Waals surface area contributed by atoms with Gasteiger partial charge in [-0.3, -0.25) is 0 Å². The molecule has 9 heteroatoms. The van der Waals surface area contributed by atoms with Gasteiger partial charge in [0.15, 0.2) is 16.7 Å². The van der Waals surface area contributed by atoms with Gasteiger partial charge < -0.3 is 15.4 Å². The lowest BCUT2D eigenvalue weighted by molar-refractivity contribution is 0.280. The molecule has 2 aromatic carbocycles. The van der Waals surface area contributed by atoms with E-state index in [1.165, 1.54) is 18.2 Å². The zero-order chi connectivity index (χ0) is 19.9. The van der Waals surface area contributed by atoms with Gasteiger partial charge in [-0.2, -0.15) is 4.98 Å². The largest absolute Gasteiger partial charge is 0.459 e. The Morgan fingerprint density at radius 1 is 1.00 bits per heavy atom. The van der Waals surface area contributed by atoms with Gasteiger partial charge in [0, 0.05) is 12.1 Å².